The Hall–Kier alpha value is -4.40. The molecule has 1 aliphatic rings. The van der Waals surface area contributed by atoms with Gasteiger partial charge in [0.05, 0.1) is 25.0 Å². The molecule has 1 saturated heterocycles. The van der Waals surface area contributed by atoms with Crippen molar-refractivity contribution < 1.29 is 33.4 Å². The second kappa shape index (κ2) is 10.3. The molecule has 33 heavy (non-hydrogen) atoms. The quantitative estimate of drug-likeness (QED) is 0.285. The van der Waals surface area contributed by atoms with Crippen LogP contribution in [0.15, 0.2) is 60.7 Å². The fourth-order valence-electron chi connectivity index (χ4n) is 3.04. The molecule has 2 aromatic carbocycles. The van der Waals surface area contributed by atoms with Crippen LogP contribution in [0.1, 0.15) is 22.8 Å². The minimum Gasteiger partial charge on any atom is -0.497 e. The maximum absolute atomic E-state index is 13.1. The normalized spacial score (nSPS) is 14.7. The largest absolute Gasteiger partial charge is 0.497 e. The number of urea groups is 1. The Balaban J connectivity index is 1.96. The number of hydrogen-bond donors (Lipinski definition) is 1. The Morgan fingerprint density at radius 2 is 1.85 bits per heavy atom. The number of esters is 1. The Bertz CT molecular complexity index is 1140. The second-order valence-electron chi connectivity index (χ2n) is 6.73. The van der Waals surface area contributed by atoms with Crippen molar-refractivity contribution in [2.45, 2.75) is 6.92 Å². The maximum Gasteiger partial charge on any atom is 0.338 e. The molecule has 0 radical (unpaired) electrons. The highest BCUT2D eigenvalue weighted by Crippen LogP contribution is 2.29. The number of imide groups is 2. The molecule has 1 N–H and O–H groups in total. The highest BCUT2D eigenvalue weighted by Gasteiger charge is 2.37. The van der Waals surface area contributed by atoms with Crippen LogP contribution in [0.5, 0.6) is 11.5 Å². The molecule has 0 bridgehead atoms. The van der Waals surface area contributed by atoms with E-state index < -0.39 is 23.8 Å². The zero-order chi connectivity index (χ0) is 24.0. The van der Waals surface area contributed by atoms with Crippen molar-refractivity contribution in [3.63, 3.8) is 0 Å². The molecular formula is C24H22N2O7. The number of ether oxygens (including phenoxy) is 3. The van der Waals surface area contributed by atoms with Gasteiger partial charge in [0.1, 0.15) is 23.7 Å². The third kappa shape index (κ3) is 5.09. The van der Waals surface area contributed by atoms with Crippen molar-refractivity contribution in [2.24, 2.45) is 0 Å². The third-order valence-electron chi connectivity index (χ3n) is 4.62. The molecule has 1 fully saturated rings. The second-order valence-corrected chi connectivity index (χ2v) is 6.73. The number of methoxy groups -OCH3 is 1. The number of benzene rings is 2. The van der Waals surface area contributed by atoms with Gasteiger partial charge in [0.15, 0.2) is 0 Å². The zero-order valence-corrected chi connectivity index (χ0v) is 18.1. The minimum atomic E-state index is -0.899. The highest BCUT2D eigenvalue weighted by molar-refractivity contribution is 6.39. The van der Waals surface area contributed by atoms with Gasteiger partial charge in [-0.15, -0.1) is 0 Å². The van der Waals surface area contributed by atoms with Crippen molar-refractivity contribution in [3.8, 4) is 11.5 Å². The lowest BCUT2D eigenvalue weighted by molar-refractivity contribution is -0.122. The molecule has 1 aliphatic heterocycles. The number of nitrogens with zero attached hydrogens (tertiary/aromatic N) is 1. The van der Waals surface area contributed by atoms with E-state index in [1.165, 1.54) is 37.5 Å². The molecular weight excluding hydrogens is 428 g/mol. The molecule has 3 rings (SSSR count). The van der Waals surface area contributed by atoms with E-state index in [0.29, 0.717) is 17.1 Å². The number of anilines is 1. The first-order valence-corrected chi connectivity index (χ1v) is 10.00. The summed E-state index contributed by atoms with van der Waals surface area (Å²) in [6.07, 6.45) is 2.89. The van der Waals surface area contributed by atoms with Crippen LogP contribution in [0.3, 0.4) is 0 Å². The van der Waals surface area contributed by atoms with Gasteiger partial charge in [0.25, 0.3) is 11.8 Å². The van der Waals surface area contributed by atoms with E-state index in [9.17, 15) is 19.2 Å². The number of nitrogens with one attached hydrogen (secondary N) is 1. The average molecular weight is 450 g/mol. The van der Waals surface area contributed by atoms with Gasteiger partial charge in [-0.1, -0.05) is 12.7 Å². The zero-order valence-electron chi connectivity index (χ0n) is 18.1. The number of carbonyl (C=O) groups excluding carboxylic acids is 4. The van der Waals surface area contributed by atoms with Crippen molar-refractivity contribution in [1.82, 2.24) is 5.32 Å². The summed E-state index contributed by atoms with van der Waals surface area (Å²) in [5.41, 5.74) is 0.613. The SMILES string of the molecule is C=CCOc1cc(OC)ccc1/C=C1\C(=O)NC(=O)N(c2ccc(C(=O)OCC)cc2)C1=O. The van der Waals surface area contributed by atoms with Crippen LogP contribution in [0.2, 0.25) is 0 Å². The summed E-state index contributed by atoms with van der Waals surface area (Å²) in [5, 5.41) is 2.16. The van der Waals surface area contributed by atoms with Gasteiger partial charge >= 0.3 is 12.0 Å². The Morgan fingerprint density at radius 1 is 1.12 bits per heavy atom. The molecule has 0 saturated carbocycles. The predicted molar refractivity (Wildman–Crippen MR) is 120 cm³/mol. The Kier molecular flexibility index (Phi) is 7.24. The van der Waals surface area contributed by atoms with Gasteiger partial charge in [-0.25, -0.2) is 14.5 Å². The lowest BCUT2D eigenvalue weighted by atomic mass is 10.1. The van der Waals surface area contributed by atoms with Crippen LogP contribution in [0.25, 0.3) is 6.08 Å². The monoisotopic (exact) mass is 450 g/mol. The predicted octanol–water partition coefficient (Wildman–Crippen LogP) is 3.10. The molecule has 0 aliphatic carbocycles. The molecule has 2 aromatic rings. The fourth-order valence-corrected chi connectivity index (χ4v) is 3.04. The van der Waals surface area contributed by atoms with E-state index in [0.717, 1.165) is 4.90 Å². The summed E-state index contributed by atoms with van der Waals surface area (Å²) >= 11 is 0. The average Bonchev–Trinajstić information content (AvgIpc) is 2.81. The fraction of sp³-hybridized carbons (Fsp3) is 0.167. The van der Waals surface area contributed by atoms with Crippen molar-refractivity contribution >= 4 is 35.6 Å². The smallest absolute Gasteiger partial charge is 0.338 e. The number of barbiturate groups is 1. The first kappa shape index (κ1) is 23.3. The number of rotatable bonds is 8. The van der Waals surface area contributed by atoms with Gasteiger partial charge in [0.2, 0.25) is 0 Å². The molecule has 0 atom stereocenters. The van der Waals surface area contributed by atoms with Crippen LogP contribution in [0.4, 0.5) is 10.5 Å². The van der Waals surface area contributed by atoms with E-state index in [1.54, 1.807) is 31.2 Å². The molecule has 0 spiro atoms. The third-order valence-corrected chi connectivity index (χ3v) is 4.62. The number of amides is 4. The summed E-state index contributed by atoms with van der Waals surface area (Å²) in [7, 11) is 1.50. The summed E-state index contributed by atoms with van der Waals surface area (Å²) in [5.74, 6) is -1.30. The molecule has 9 heteroatoms. The van der Waals surface area contributed by atoms with Crippen LogP contribution in [0, 0.1) is 0 Å². The lowest BCUT2D eigenvalue weighted by Gasteiger charge is -2.26. The summed E-state index contributed by atoms with van der Waals surface area (Å²) in [6, 6.07) is 9.68. The van der Waals surface area contributed by atoms with Crippen LogP contribution < -0.4 is 19.7 Å². The molecule has 170 valence electrons. The first-order chi connectivity index (χ1) is 15.9. The van der Waals surface area contributed by atoms with Gasteiger partial charge in [-0.2, -0.15) is 0 Å². The van der Waals surface area contributed by atoms with Crippen molar-refractivity contribution in [3.05, 3.63) is 71.8 Å². The van der Waals surface area contributed by atoms with Crippen LogP contribution in [-0.2, 0) is 14.3 Å². The topological polar surface area (TPSA) is 111 Å². The van der Waals surface area contributed by atoms with Gasteiger partial charge in [-0.05, 0) is 49.4 Å². The molecule has 0 unspecified atom stereocenters. The maximum atomic E-state index is 13.1. The summed E-state index contributed by atoms with van der Waals surface area (Å²) < 4.78 is 15.7. The van der Waals surface area contributed by atoms with Crippen LogP contribution in [-0.4, -0.2) is 44.1 Å². The molecule has 1 heterocycles. The van der Waals surface area contributed by atoms with Gasteiger partial charge in [-0.3, -0.25) is 14.9 Å². The molecule has 0 aromatic heterocycles. The first-order valence-electron chi connectivity index (χ1n) is 10.00. The highest BCUT2D eigenvalue weighted by atomic mass is 16.5. The van der Waals surface area contributed by atoms with E-state index in [-0.39, 0.29) is 30.0 Å². The standard InChI is InChI=1S/C24H22N2O7/c1-4-12-33-20-14-18(31-3)11-8-16(20)13-19-21(27)25-24(30)26(22(19)28)17-9-6-15(7-10-17)23(29)32-5-2/h4,6-11,13-14H,1,5,12H2,2-3H3,(H,25,27,30)/b19-13+. The summed E-state index contributed by atoms with van der Waals surface area (Å²) in [6.45, 7) is 5.70. The van der Waals surface area contributed by atoms with Crippen molar-refractivity contribution in [2.75, 3.05) is 25.2 Å². The van der Waals surface area contributed by atoms with Gasteiger partial charge in [0, 0.05) is 11.6 Å². The van der Waals surface area contributed by atoms with E-state index >= 15 is 0 Å². The van der Waals surface area contributed by atoms with Gasteiger partial charge < -0.3 is 14.2 Å². The van der Waals surface area contributed by atoms with Crippen LogP contribution >= 0.6 is 0 Å². The minimum absolute atomic E-state index is 0.182. The number of hydrogen-bond acceptors (Lipinski definition) is 7. The molecule has 4 amide bonds. The lowest BCUT2D eigenvalue weighted by Crippen LogP contribution is -2.54. The van der Waals surface area contributed by atoms with Crippen molar-refractivity contribution in [1.29, 1.82) is 0 Å². The van der Waals surface area contributed by atoms with E-state index in [4.69, 9.17) is 14.2 Å². The Labute approximate surface area is 190 Å². The van der Waals surface area contributed by atoms with E-state index in [1.807, 2.05) is 0 Å². The summed E-state index contributed by atoms with van der Waals surface area (Å²) in [4.78, 5) is 50.7. The van der Waals surface area contributed by atoms with E-state index in [2.05, 4.69) is 11.9 Å². The molecule has 9 nitrogen and oxygen atoms in total. The Morgan fingerprint density at radius 3 is 2.48 bits per heavy atom. The number of carbonyl (C=O) groups is 4.